The molecule has 7 heteroatoms. The number of nitro groups is 1. The van der Waals surface area contributed by atoms with E-state index in [0.29, 0.717) is 29.0 Å². The van der Waals surface area contributed by atoms with Crippen LogP contribution in [0, 0.1) is 27.4 Å². The van der Waals surface area contributed by atoms with Crippen LogP contribution in [-0.4, -0.2) is 35.6 Å². The second kappa shape index (κ2) is 6.13. The van der Waals surface area contributed by atoms with Gasteiger partial charge in [-0.2, -0.15) is 5.26 Å². The number of aromatic nitrogens is 1. The molecule has 1 unspecified atom stereocenters. The average molecular weight is 315 g/mol. The molecule has 1 aromatic rings. The third-order valence-corrected chi connectivity index (χ3v) is 4.60. The summed E-state index contributed by atoms with van der Waals surface area (Å²) in [6, 6.07) is 3.83. The van der Waals surface area contributed by atoms with Crippen LogP contribution in [0.5, 0.6) is 0 Å². The highest BCUT2D eigenvalue weighted by atomic mass is 16.6. The molecule has 1 aliphatic heterocycles. The number of anilines is 1. The van der Waals surface area contributed by atoms with Gasteiger partial charge >= 0.3 is 0 Å². The molecule has 1 aliphatic carbocycles. The first-order chi connectivity index (χ1) is 11.0. The highest BCUT2D eigenvalue weighted by Crippen LogP contribution is 2.44. The van der Waals surface area contributed by atoms with Gasteiger partial charge in [-0.25, -0.2) is 4.98 Å². The molecule has 122 valence electrons. The summed E-state index contributed by atoms with van der Waals surface area (Å²) in [5.41, 5.74) is 0.831. The molecule has 0 aromatic carbocycles. The van der Waals surface area contributed by atoms with Crippen molar-refractivity contribution in [1.82, 2.24) is 10.3 Å². The SMILES string of the molecule is CC(C)C1CN(c2nc(C3CC3)c([N+](=O)[O-])cc2C#N)CCN1. The number of pyridine rings is 1. The van der Waals surface area contributed by atoms with Crippen molar-refractivity contribution >= 4 is 11.5 Å². The van der Waals surface area contributed by atoms with Crippen LogP contribution in [0.4, 0.5) is 11.5 Å². The van der Waals surface area contributed by atoms with Gasteiger partial charge in [-0.1, -0.05) is 13.8 Å². The van der Waals surface area contributed by atoms with Crippen LogP contribution in [0.15, 0.2) is 6.07 Å². The number of piperazine rings is 1. The van der Waals surface area contributed by atoms with E-state index in [1.807, 2.05) is 0 Å². The molecule has 0 spiro atoms. The zero-order chi connectivity index (χ0) is 16.6. The van der Waals surface area contributed by atoms with E-state index in [4.69, 9.17) is 0 Å². The maximum Gasteiger partial charge on any atom is 0.292 e. The molecule has 2 fully saturated rings. The Balaban J connectivity index is 1.99. The molecule has 3 rings (SSSR count). The van der Waals surface area contributed by atoms with Crippen LogP contribution in [0.25, 0.3) is 0 Å². The minimum atomic E-state index is -0.417. The second-order valence-electron chi connectivity index (χ2n) is 6.66. The van der Waals surface area contributed by atoms with Gasteiger partial charge in [-0.05, 0) is 18.8 Å². The van der Waals surface area contributed by atoms with Crippen LogP contribution < -0.4 is 10.2 Å². The first-order valence-electron chi connectivity index (χ1n) is 8.09. The average Bonchev–Trinajstić information content (AvgIpc) is 3.38. The largest absolute Gasteiger partial charge is 0.353 e. The maximum absolute atomic E-state index is 11.3. The number of nitriles is 1. The molecule has 1 N–H and O–H groups in total. The molecule has 2 heterocycles. The second-order valence-corrected chi connectivity index (χ2v) is 6.66. The van der Waals surface area contributed by atoms with Gasteiger partial charge in [0.15, 0.2) is 0 Å². The van der Waals surface area contributed by atoms with Crippen LogP contribution >= 0.6 is 0 Å². The van der Waals surface area contributed by atoms with Crippen molar-refractivity contribution in [2.24, 2.45) is 5.92 Å². The monoisotopic (exact) mass is 315 g/mol. The summed E-state index contributed by atoms with van der Waals surface area (Å²) in [6.07, 6.45) is 1.88. The standard InChI is InChI=1S/C16H21N5O2/c1-10(2)13-9-20(6-5-18-13)16-12(8-17)7-14(21(22)23)15(19-16)11-3-4-11/h7,10-11,13,18H,3-6,9H2,1-2H3. The van der Waals surface area contributed by atoms with Gasteiger partial charge in [-0.15, -0.1) is 0 Å². The fourth-order valence-electron chi connectivity index (χ4n) is 3.05. The van der Waals surface area contributed by atoms with Crippen molar-refractivity contribution < 1.29 is 4.92 Å². The summed E-state index contributed by atoms with van der Waals surface area (Å²) in [4.78, 5) is 17.5. The quantitative estimate of drug-likeness (QED) is 0.676. The fraction of sp³-hybridized carbons (Fsp3) is 0.625. The third-order valence-electron chi connectivity index (χ3n) is 4.60. The lowest BCUT2D eigenvalue weighted by Gasteiger charge is -2.36. The van der Waals surface area contributed by atoms with Gasteiger partial charge < -0.3 is 10.2 Å². The smallest absolute Gasteiger partial charge is 0.292 e. The molecule has 2 aliphatic rings. The zero-order valence-electron chi connectivity index (χ0n) is 13.5. The third kappa shape index (κ3) is 3.13. The van der Waals surface area contributed by atoms with Crippen molar-refractivity contribution in [1.29, 1.82) is 5.26 Å². The molecule has 7 nitrogen and oxygen atoms in total. The van der Waals surface area contributed by atoms with Gasteiger partial charge in [0.2, 0.25) is 0 Å². The van der Waals surface area contributed by atoms with Gasteiger partial charge in [0.25, 0.3) is 5.69 Å². The van der Waals surface area contributed by atoms with Gasteiger partial charge in [-0.3, -0.25) is 10.1 Å². The molecule has 23 heavy (non-hydrogen) atoms. The molecule has 1 saturated heterocycles. The summed E-state index contributed by atoms with van der Waals surface area (Å²) < 4.78 is 0. The van der Waals surface area contributed by atoms with Gasteiger partial charge in [0, 0.05) is 37.7 Å². The van der Waals surface area contributed by atoms with Crippen molar-refractivity contribution in [3.8, 4) is 6.07 Å². The minimum Gasteiger partial charge on any atom is -0.353 e. The van der Waals surface area contributed by atoms with Crippen molar-refractivity contribution in [2.45, 2.75) is 38.6 Å². The normalized spacial score (nSPS) is 21.3. The molecule has 1 saturated carbocycles. The molecular formula is C16H21N5O2. The van der Waals surface area contributed by atoms with E-state index in [1.165, 1.54) is 6.07 Å². The van der Waals surface area contributed by atoms with Crippen molar-refractivity contribution in [3.05, 3.63) is 27.4 Å². The van der Waals surface area contributed by atoms with Gasteiger partial charge in [0.05, 0.1) is 4.92 Å². The summed E-state index contributed by atoms with van der Waals surface area (Å²) in [5.74, 6) is 1.25. The number of hydrogen-bond acceptors (Lipinski definition) is 6. The van der Waals surface area contributed by atoms with Crippen LogP contribution in [-0.2, 0) is 0 Å². The number of hydrogen-bond donors (Lipinski definition) is 1. The first-order valence-corrected chi connectivity index (χ1v) is 8.09. The molecule has 0 radical (unpaired) electrons. The summed E-state index contributed by atoms with van der Waals surface area (Å²) in [6.45, 7) is 6.66. The van der Waals surface area contributed by atoms with E-state index in [1.54, 1.807) is 0 Å². The summed E-state index contributed by atoms with van der Waals surface area (Å²) in [5, 5.41) is 24.2. The van der Waals surface area contributed by atoms with Crippen LogP contribution in [0.2, 0.25) is 0 Å². The molecule has 0 bridgehead atoms. The first kappa shape index (κ1) is 15.7. The predicted molar refractivity (Wildman–Crippen MR) is 86.4 cm³/mol. The minimum absolute atomic E-state index is 0.0108. The highest BCUT2D eigenvalue weighted by Gasteiger charge is 2.35. The van der Waals surface area contributed by atoms with Crippen molar-refractivity contribution in [2.75, 3.05) is 24.5 Å². The van der Waals surface area contributed by atoms with E-state index < -0.39 is 4.92 Å². The Kier molecular flexibility index (Phi) is 4.18. The summed E-state index contributed by atoms with van der Waals surface area (Å²) >= 11 is 0. The molecule has 1 aromatic heterocycles. The van der Waals surface area contributed by atoms with E-state index in [9.17, 15) is 15.4 Å². The zero-order valence-corrected chi connectivity index (χ0v) is 13.5. The lowest BCUT2D eigenvalue weighted by atomic mass is 10.0. The van der Waals surface area contributed by atoms with Crippen LogP contribution in [0.1, 0.15) is 43.9 Å². The Morgan fingerprint density at radius 3 is 2.83 bits per heavy atom. The Morgan fingerprint density at radius 1 is 1.52 bits per heavy atom. The number of nitrogens with one attached hydrogen (secondary N) is 1. The number of rotatable bonds is 4. The van der Waals surface area contributed by atoms with Gasteiger partial charge in [0.1, 0.15) is 23.1 Å². The fourth-order valence-corrected chi connectivity index (χ4v) is 3.05. The van der Waals surface area contributed by atoms with Crippen LogP contribution in [0.3, 0.4) is 0 Å². The Labute approximate surface area is 135 Å². The van der Waals surface area contributed by atoms with E-state index in [2.05, 4.69) is 35.1 Å². The highest BCUT2D eigenvalue weighted by molar-refractivity contribution is 5.61. The lowest BCUT2D eigenvalue weighted by molar-refractivity contribution is -0.385. The predicted octanol–water partition coefficient (Wildman–Crippen LogP) is 2.17. The lowest BCUT2D eigenvalue weighted by Crippen LogP contribution is -2.53. The molecule has 1 atom stereocenters. The van der Waals surface area contributed by atoms with E-state index in [0.717, 1.165) is 32.5 Å². The Bertz CT molecular complexity index is 663. The topological polar surface area (TPSA) is 95.1 Å². The molecular weight excluding hydrogens is 294 g/mol. The summed E-state index contributed by atoms with van der Waals surface area (Å²) in [7, 11) is 0. The Hall–Kier alpha value is -2.20. The van der Waals surface area contributed by atoms with E-state index >= 15 is 0 Å². The molecule has 0 amide bonds. The van der Waals surface area contributed by atoms with E-state index in [-0.39, 0.29) is 11.6 Å². The van der Waals surface area contributed by atoms with Crippen molar-refractivity contribution in [3.63, 3.8) is 0 Å². The number of nitrogens with zero attached hydrogens (tertiary/aromatic N) is 4. The Morgan fingerprint density at radius 2 is 2.26 bits per heavy atom. The maximum atomic E-state index is 11.3.